The number of amides is 2. The van der Waals surface area contributed by atoms with Crippen molar-refractivity contribution in [3.05, 3.63) is 35.4 Å². The Bertz CT molecular complexity index is 565. The van der Waals surface area contributed by atoms with Crippen LogP contribution in [0.25, 0.3) is 0 Å². The lowest BCUT2D eigenvalue weighted by molar-refractivity contribution is 0.0785. The third kappa shape index (κ3) is 4.64. The van der Waals surface area contributed by atoms with E-state index in [0.717, 1.165) is 31.4 Å². The number of aliphatic hydroxyl groups excluding tert-OH is 1. The highest BCUT2D eigenvalue weighted by molar-refractivity contribution is 5.74. The maximum absolute atomic E-state index is 13.3. The second kappa shape index (κ2) is 8.39. The molecule has 1 aromatic rings. The molecule has 1 saturated heterocycles. The normalized spacial score (nSPS) is 21.1. The van der Waals surface area contributed by atoms with E-state index in [1.54, 1.807) is 6.92 Å². The summed E-state index contributed by atoms with van der Waals surface area (Å²) in [7, 11) is 0. The van der Waals surface area contributed by atoms with Gasteiger partial charge < -0.3 is 20.5 Å². The molecule has 1 heterocycles. The summed E-state index contributed by atoms with van der Waals surface area (Å²) in [6.07, 6.45) is 1.49. The smallest absolute Gasteiger partial charge is 0.315 e. The van der Waals surface area contributed by atoms with E-state index in [0.29, 0.717) is 6.61 Å². The molecule has 0 spiro atoms. The standard InChI is InChI=1S/C17H24F2N2O3/c1-3-14(15-5-4-8-24-15)21-17(23)20-10(2)16(22)11-6-7-12(18)13(19)9-11/h6-7,9-10,14-16,22H,3-5,8H2,1-2H3,(H2,20,21,23). The van der Waals surface area contributed by atoms with Gasteiger partial charge in [-0.05, 0) is 43.9 Å². The number of hydrogen-bond acceptors (Lipinski definition) is 3. The van der Waals surface area contributed by atoms with Crippen LogP contribution >= 0.6 is 0 Å². The van der Waals surface area contributed by atoms with Crippen LogP contribution in [0, 0.1) is 11.6 Å². The number of carbonyl (C=O) groups excluding carboxylic acids is 1. The van der Waals surface area contributed by atoms with Crippen molar-refractivity contribution in [1.82, 2.24) is 10.6 Å². The lowest BCUT2D eigenvalue weighted by atomic mass is 10.0. The SMILES string of the molecule is CCC(NC(=O)NC(C)C(O)c1ccc(F)c(F)c1)C1CCCO1. The average molecular weight is 342 g/mol. The molecule has 0 bridgehead atoms. The van der Waals surface area contributed by atoms with Crippen LogP contribution in [-0.2, 0) is 4.74 Å². The first kappa shape index (κ1) is 18.6. The summed E-state index contributed by atoms with van der Waals surface area (Å²) in [5, 5.41) is 15.7. The van der Waals surface area contributed by atoms with Crippen molar-refractivity contribution in [3.63, 3.8) is 0 Å². The molecule has 4 atom stereocenters. The molecule has 0 radical (unpaired) electrons. The number of halogens is 2. The maximum Gasteiger partial charge on any atom is 0.315 e. The molecule has 2 rings (SSSR count). The second-order valence-corrected chi connectivity index (χ2v) is 6.09. The van der Waals surface area contributed by atoms with Crippen molar-refractivity contribution in [3.8, 4) is 0 Å². The summed E-state index contributed by atoms with van der Waals surface area (Å²) in [4.78, 5) is 12.1. The Labute approximate surface area is 140 Å². The first-order valence-electron chi connectivity index (χ1n) is 8.24. The first-order chi connectivity index (χ1) is 11.4. The van der Waals surface area contributed by atoms with Crippen molar-refractivity contribution in [2.75, 3.05) is 6.61 Å². The van der Waals surface area contributed by atoms with Crippen molar-refractivity contribution in [2.24, 2.45) is 0 Å². The van der Waals surface area contributed by atoms with Gasteiger partial charge in [0.2, 0.25) is 0 Å². The van der Waals surface area contributed by atoms with Gasteiger partial charge in [0.25, 0.3) is 0 Å². The number of rotatable bonds is 6. The molecule has 24 heavy (non-hydrogen) atoms. The van der Waals surface area contributed by atoms with Crippen LogP contribution in [0.5, 0.6) is 0 Å². The summed E-state index contributed by atoms with van der Waals surface area (Å²) in [5.74, 6) is -2.01. The molecule has 1 aliphatic rings. The quantitative estimate of drug-likeness (QED) is 0.744. The fraction of sp³-hybridized carbons (Fsp3) is 0.588. The lowest BCUT2D eigenvalue weighted by Crippen LogP contribution is -2.50. The van der Waals surface area contributed by atoms with E-state index in [1.165, 1.54) is 6.07 Å². The topological polar surface area (TPSA) is 70.6 Å². The van der Waals surface area contributed by atoms with Gasteiger partial charge in [0.05, 0.1) is 24.3 Å². The lowest BCUT2D eigenvalue weighted by Gasteiger charge is -2.26. The van der Waals surface area contributed by atoms with Gasteiger partial charge in [-0.1, -0.05) is 13.0 Å². The zero-order valence-corrected chi connectivity index (χ0v) is 13.9. The van der Waals surface area contributed by atoms with Gasteiger partial charge in [-0.3, -0.25) is 0 Å². The number of aliphatic hydroxyl groups is 1. The zero-order chi connectivity index (χ0) is 17.7. The first-order valence-corrected chi connectivity index (χ1v) is 8.24. The van der Waals surface area contributed by atoms with E-state index in [9.17, 15) is 18.7 Å². The summed E-state index contributed by atoms with van der Waals surface area (Å²) in [5.41, 5.74) is 0.202. The fourth-order valence-corrected chi connectivity index (χ4v) is 2.86. The maximum atomic E-state index is 13.3. The van der Waals surface area contributed by atoms with Crippen LogP contribution in [0.2, 0.25) is 0 Å². The molecular weight excluding hydrogens is 318 g/mol. The number of ether oxygens (including phenoxy) is 1. The molecule has 7 heteroatoms. The highest BCUT2D eigenvalue weighted by Gasteiger charge is 2.27. The summed E-state index contributed by atoms with van der Waals surface area (Å²) in [6.45, 7) is 4.26. The summed E-state index contributed by atoms with van der Waals surface area (Å²) >= 11 is 0. The van der Waals surface area contributed by atoms with Crippen LogP contribution in [0.15, 0.2) is 18.2 Å². The highest BCUT2D eigenvalue weighted by atomic mass is 19.2. The summed E-state index contributed by atoms with van der Waals surface area (Å²) < 4.78 is 31.8. The minimum Gasteiger partial charge on any atom is -0.386 e. The second-order valence-electron chi connectivity index (χ2n) is 6.09. The van der Waals surface area contributed by atoms with E-state index >= 15 is 0 Å². The fourth-order valence-electron chi connectivity index (χ4n) is 2.86. The van der Waals surface area contributed by atoms with Gasteiger partial charge in [0, 0.05) is 6.61 Å². The molecule has 0 saturated carbocycles. The third-order valence-corrected chi connectivity index (χ3v) is 4.29. The number of benzene rings is 1. The number of hydrogen-bond donors (Lipinski definition) is 3. The third-order valence-electron chi connectivity index (χ3n) is 4.29. The Morgan fingerprint density at radius 2 is 2.12 bits per heavy atom. The predicted octanol–water partition coefficient (Wildman–Crippen LogP) is 2.64. The van der Waals surface area contributed by atoms with Crippen molar-refractivity contribution < 1.29 is 23.4 Å². The molecule has 1 aromatic carbocycles. The van der Waals surface area contributed by atoms with Gasteiger partial charge in [-0.2, -0.15) is 0 Å². The predicted molar refractivity (Wildman–Crippen MR) is 85.5 cm³/mol. The largest absolute Gasteiger partial charge is 0.386 e. The molecule has 0 aromatic heterocycles. The Morgan fingerprint density at radius 3 is 2.71 bits per heavy atom. The van der Waals surface area contributed by atoms with E-state index in [2.05, 4.69) is 10.6 Å². The van der Waals surface area contributed by atoms with Gasteiger partial charge >= 0.3 is 6.03 Å². The van der Waals surface area contributed by atoms with Crippen LogP contribution in [0.4, 0.5) is 13.6 Å². The number of urea groups is 1. The monoisotopic (exact) mass is 342 g/mol. The molecule has 1 aliphatic heterocycles. The number of carbonyl (C=O) groups is 1. The van der Waals surface area contributed by atoms with E-state index in [4.69, 9.17) is 4.74 Å². The van der Waals surface area contributed by atoms with Crippen LogP contribution in [0.1, 0.15) is 44.8 Å². The van der Waals surface area contributed by atoms with Crippen molar-refractivity contribution in [1.29, 1.82) is 0 Å². The minimum absolute atomic E-state index is 0.00664. The minimum atomic E-state index is -1.14. The van der Waals surface area contributed by atoms with Crippen LogP contribution in [0.3, 0.4) is 0 Å². The van der Waals surface area contributed by atoms with Gasteiger partial charge in [-0.25, -0.2) is 13.6 Å². The van der Waals surface area contributed by atoms with E-state index in [1.807, 2.05) is 6.92 Å². The van der Waals surface area contributed by atoms with Crippen molar-refractivity contribution >= 4 is 6.03 Å². The molecule has 5 nitrogen and oxygen atoms in total. The molecule has 4 unspecified atom stereocenters. The average Bonchev–Trinajstić information content (AvgIpc) is 3.08. The van der Waals surface area contributed by atoms with Crippen LogP contribution < -0.4 is 10.6 Å². The molecule has 2 amide bonds. The van der Waals surface area contributed by atoms with Gasteiger partial charge in [-0.15, -0.1) is 0 Å². The van der Waals surface area contributed by atoms with E-state index in [-0.39, 0.29) is 17.7 Å². The molecule has 3 N–H and O–H groups in total. The highest BCUT2D eigenvalue weighted by Crippen LogP contribution is 2.20. The van der Waals surface area contributed by atoms with Gasteiger partial charge in [0.15, 0.2) is 11.6 Å². The summed E-state index contributed by atoms with van der Waals surface area (Å²) in [6, 6.07) is 1.98. The Kier molecular flexibility index (Phi) is 6.51. The Balaban J connectivity index is 1.90. The number of nitrogens with one attached hydrogen (secondary N) is 2. The molecule has 0 aliphatic carbocycles. The Hall–Kier alpha value is -1.73. The molecule has 1 fully saturated rings. The Morgan fingerprint density at radius 1 is 1.38 bits per heavy atom. The molecule has 134 valence electrons. The molecular formula is C17H24F2N2O3. The van der Waals surface area contributed by atoms with Crippen LogP contribution in [-0.4, -0.2) is 35.9 Å². The zero-order valence-electron chi connectivity index (χ0n) is 13.9. The van der Waals surface area contributed by atoms with Crippen molar-refractivity contribution in [2.45, 2.75) is 57.4 Å². The van der Waals surface area contributed by atoms with E-state index < -0.39 is 29.8 Å². The van der Waals surface area contributed by atoms with Gasteiger partial charge in [0.1, 0.15) is 0 Å².